The first-order chi connectivity index (χ1) is 10.2. The zero-order valence-electron chi connectivity index (χ0n) is 11.9. The third kappa shape index (κ3) is 2.76. The minimum atomic E-state index is 0.293. The summed E-state index contributed by atoms with van der Waals surface area (Å²) in [4.78, 5) is 0. The molecule has 2 aromatic carbocycles. The number of methoxy groups -OCH3 is 1. The first-order valence-electron chi connectivity index (χ1n) is 6.61. The highest BCUT2D eigenvalue weighted by atomic mass is 32.1. The molecule has 1 aromatic heterocycles. The number of aryl methyl sites for hydroxylation is 1. The number of hydrogen-bond donors (Lipinski definition) is 1. The molecule has 106 valence electrons. The lowest BCUT2D eigenvalue weighted by Gasteiger charge is -1.98. The summed E-state index contributed by atoms with van der Waals surface area (Å²) in [6.07, 6.45) is 4.16. The van der Waals surface area contributed by atoms with Gasteiger partial charge < -0.3 is 9.84 Å². The quantitative estimate of drug-likeness (QED) is 0.749. The van der Waals surface area contributed by atoms with E-state index >= 15 is 0 Å². The molecule has 0 radical (unpaired) electrons. The van der Waals surface area contributed by atoms with E-state index < -0.39 is 0 Å². The van der Waals surface area contributed by atoms with E-state index in [0.717, 1.165) is 26.5 Å². The van der Waals surface area contributed by atoms with Crippen LogP contribution in [0.4, 0.5) is 0 Å². The van der Waals surface area contributed by atoms with Gasteiger partial charge in [0.05, 0.1) is 13.2 Å². The van der Waals surface area contributed by atoms with Gasteiger partial charge >= 0.3 is 0 Å². The molecule has 4 heteroatoms. The average molecular weight is 298 g/mol. The van der Waals surface area contributed by atoms with E-state index in [2.05, 4.69) is 16.7 Å². The summed E-state index contributed by atoms with van der Waals surface area (Å²) in [6, 6.07) is 13.4. The van der Waals surface area contributed by atoms with E-state index in [4.69, 9.17) is 4.74 Å². The maximum absolute atomic E-state index is 9.58. The second-order valence-electron chi connectivity index (χ2n) is 4.76. The Morgan fingerprint density at radius 2 is 1.86 bits per heavy atom. The molecule has 3 aromatic rings. The maximum atomic E-state index is 9.58. The molecule has 1 heterocycles. The number of thiazole rings is 1. The highest BCUT2D eigenvalue weighted by Crippen LogP contribution is 2.25. The Kier molecular flexibility index (Phi) is 3.62. The van der Waals surface area contributed by atoms with Gasteiger partial charge in [-0.05, 0) is 35.9 Å². The fourth-order valence-electron chi connectivity index (χ4n) is 2.18. The summed E-state index contributed by atoms with van der Waals surface area (Å²) in [6.45, 7) is 0. The van der Waals surface area contributed by atoms with Gasteiger partial charge in [0, 0.05) is 6.08 Å². The number of phenolic OH excluding ortho intramolecular Hbond substituents is 1. The van der Waals surface area contributed by atoms with E-state index in [9.17, 15) is 5.11 Å². The van der Waals surface area contributed by atoms with Crippen molar-refractivity contribution in [1.82, 2.24) is 0 Å². The summed E-state index contributed by atoms with van der Waals surface area (Å²) in [5, 5.41) is 10.7. The van der Waals surface area contributed by atoms with Gasteiger partial charge in [-0.3, -0.25) is 0 Å². The zero-order valence-corrected chi connectivity index (χ0v) is 12.7. The van der Waals surface area contributed by atoms with Gasteiger partial charge in [0.2, 0.25) is 5.52 Å². The molecule has 0 fully saturated rings. The summed E-state index contributed by atoms with van der Waals surface area (Å²) < 4.78 is 8.39. The number of hydrogen-bond acceptors (Lipinski definition) is 3. The van der Waals surface area contributed by atoms with E-state index in [-0.39, 0.29) is 0 Å². The first-order valence-corrected chi connectivity index (χ1v) is 7.43. The Hall–Kier alpha value is -2.33. The highest BCUT2D eigenvalue weighted by Gasteiger charge is 2.14. The molecule has 0 spiro atoms. The van der Waals surface area contributed by atoms with Crippen molar-refractivity contribution in [3.63, 3.8) is 0 Å². The van der Waals surface area contributed by atoms with Gasteiger partial charge in [0.25, 0.3) is 5.01 Å². The van der Waals surface area contributed by atoms with Crippen LogP contribution in [0.5, 0.6) is 11.5 Å². The molecular formula is C17H16NO2S+. The van der Waals surface area contributed by atoms with Crippen LogP contribution in [0.25, 0.3) is 22.4 Å². The van der Waals surface area contributed by atoms with Gasteiger partial charge in [0.15, 0.2) is 0 Å². The van der Waals surface area contributed by atoms with Crippen LogP contribution >= 0.6 is 11.3 Å². The van der Waals surface area contributed by atoms with Crippen molar-refractivity contribution in [1.29, 1.82) is 0 Å². The normalized spacial score (nSPS) is 11.3. The van der Waals surface area contributed by atoms with Crippen molar-refractivity contribution in [3.8, 4) is 11.5 Å². The predicted molar refractivity (Wildman–Crippen MR) is 86.6 cm³/mol. The zero-order chi connectivity index (χ0) is 14.8. The van der Waals surface area contributed by atoms with E-state index in [1.807, 2.05) is 37.4 Å². The molecule has 0 aliphatic heterocycles. The third-order valence-electron chi connectivity index (χ3n) is 3.38. The Bertz CT molecular complexity index is 804. The molecular weight excluding hydrogens is 282 g/mol. The Labute approximate surface area is 127 Å². The van der Waals surface area contributed by atoms with Crippen molar-refractivity contribution in [3.05, 3.63) is 53.0 Å². The number of nitrogens with zero attached hydrogens (tertiary/aromatic N) is 1. The largest absolute Gasteiger partial charge is 0.508 e. The van der Waals surface area contributed by atoms with Gasteiger partial charge in [0.1, 0.15) is 23.2 Å². The number of aromatic hydroxyl groups is 1. The number of fused-ring (bicyclic) bond motifs is 1. The monoisotopic (exact) mass is 298 g/mol. The molecule has 3 rings (SSSR count). The van der Waals surface area contributed by atoms with Crippen molar-refractivity contribution in [2.45, 2.75) is 0 Å². The van der Waals surface area contributed by atoms with E-state index in [1.165, 1.54) is 0 Å². The van der Waals surface area contributed by atoms with Crippen LogP contribution in [0, 0.1) is 0 Å². The lowest BCUT2D eigenvalue weighted by Crippen LogP contribution is -2.28. The van der Waals surface area contributed by atoms with E-state index in [0.29, 0.717) is 5.75 Å². The molecule has 0 unspecified atom stereocenters. The average Bonchev–Trinajstić information content (AvgIpc) is 2.82. The summed E-state index contributed by atoms with van der Waals surface area (Å²) >= 11 is 1.70. The smallest absolute Gasteiger partial charge is 0.262 e. The Morgan fingerprint density at radius 1 is 1.10 bits per heavy atom. The lowest BCUT2D eigenvalue weighted by molar-refractivity contribution is -0.642. The molecule has 0 saturated heterocycles. The molecule has 0 aliphatic rings. The van der Waals surface area contributed by atoms with Gasteiger partial charge in [-0.2, -0.15) is 4.57 Å². The lowest BCUT2D eigenvalue weighted by atomic mass is 10.2. The molecule has 3 nitrogen and oxygen atoms in total. The predicted octanol–water partition coefficient (Wildman–Crippen LogP) is 3.61. The van der Waals surface area contributed by atoms with Crippen LogP contribution in [-0.2, 0) is 7.05 Å². The maximum Gasteiger partial charge on any atom is 0.262 e. The number of benzene rings is 2. The number of rotatable bonds is 3. The van der Waals surface area contributed by atoms with Crippen LogP contribution < -0.4 is 9.30 Å². The second-order valence-corrected chi connectivity index (χ2v) is 5.82. The standard InChI is InChI=1S/C17H15NO2S/c1-18-15-11-13(19)6-9-16(15)21-17(18)10-5-12-3-7-14(20-2)8-4-12/h3-11H,1-2H3/p+1/b10-5+. The number of aromatic nitrogens is 1. The molecule has 0 bridgehead atoms. The first kappa shape index (κ1) is 13.6. The van der Waals surface area contributed by atoms with Crippen molar-refractivity contribution < 1.29 is 14.4 Å². The number of phenols is 1. The minimum Gasteiger partial charge on any atom is -0.508 e. The summed E-state index contributed by atoms with van der Waals surface area (Å²) in [5.74, 6) is 1.15. The SMILES string of the molecule is COc1ccc(/C=C/c2sc3ccc(O)cc3[n+]2C)cc1. The third-order valence-corrected chi connectivity index (χ3v) is 4.57. The second kappa shape index (κ2) is 5.58. The van der Waals surface area contributed by atoms with Gasteiger partial charge in [-0.25, -0.2) is 0 Å². The molecule has 0 aliphatic carbocycles. The Morgan fingerprint density at radius 3 is 2.57 bits per heavy atom. The van der Waals surface area contributed by atoms with Crippen molar-refractivity contribution >= 4 is 33.7 Å². The van der Waals surface area contributed by atoms with Crippen LogP contribution in [0.3, 0.4) is 0 Å². The van der Waals surface area contributed by atoms with Crippen LogP contribution in [-0.4, -0.2) is 12.2 Å². The minimum absolute atomic E-state index is 0.293. The van der Waals surface area contributed by atoms with Crippen molar-refractivity contribution in [2.24, 2.45) is 7.05 Å². The molecule has 1 N–H and O–H groups in total. The summed E-state index contributed by atoms with van der Waals surface area (Å²) in [7, 11) is 3.67. The highest BCUT2D eigenvalue weighted by molar-refractivity contribution is 7.18. The molecule has 0 saturated carbocycles. The number of ether oxygens (including phenoxy) is 1. The topological polar surface area (TPSA) is 33.3 Å². The Balaban J connectivity index is 1.93. The van der Waals surface area contributed by atoms with E-state index in [1.54, 1.807) is 30.6 Å². The molecule has 0 amide bonds. The van der Waals surface area contributed by atoms with Crippen LogP contribution in [0.1, 0.15) is 10.6 Å². The van der Waals surface area contributed by atoms with Gasteiger partial charge in [-0.15, -0.1) is 0 Å². The molecule has 21 heavy (non-hydrogen) atoms. The fourth-order valence-corrected chi connectivity index (χ4v) is 3.22. The van der Waals surface area contributed by atoms with Crippen LogP contribution in [0.15, 0.2) is 42.5 Å². The van der Waals surface area contributed by atoms with Gasteiger partial charge in [-0.1, -0.05) is 23.5 Å². The summed E-state index contributed by atoms with van der Waals surface area (Å²) in [5.41, 5.74) is 2.16. The fraction of sp³-hybridized carbons (Fsp3) is 0.118. The van der Waals surface area contributed by atoms with Crippen LogP contribution in [0.2, 0.25) is 0 Å². The molecule has 0 atom stereocenters. The van der Waals surface area contributed by atoms with Crippen molar-refractivity contribution in [2.75, 3.05) is 7.11 Å².